The summed E-state index contributed by atoms with van der Waals surface area (Å²) >= 11 is 0. The zero-order chi connectivity index (χ0) is 20.4. The van der Waals surface area contributed by atoms with Crippen molar-refractivity contribution in [1.29, 1.82) is 0 Å². The van der Waals surface area contributed by atoms with Crippen LogP contribution < -0.4 is 10.6 Å². The lowest BCUT2D eigenvalue weighted by Crippen LogP contribution is -2.49. The summed E-state index contributed by atoms with van der Waals surface area (Å²) in [6, 6.07) is 4.07. The molecule has 0 aliphatic carbocycles. The quantitative estimate of drug-likeness (QED) is 0.295. The van der Waals surface area contributed by atoms with Crippen LogP contribution in [0, 0.1) is 11.6 Å². The van der Waals surface area contributed by atoms with E-state index in [-0.39, 0.29) is 30.1 Å². The van der Waals surface area contributed by atoms with Gasteiger partial charge >= 0.3 is 0 Å². The van der Waals surface area contributed by atoms with Crippen molar-refractivity contribution in [2.75, 3.05) is 39.3 Å². The summed E-state index contributed by atoms with van der Waals surface area (Å²) in [5.41, 5.74) is 0.484. The standard InChI is InChI=1S/C21H34F2N4O.HI/c1-4-24-21(25-10-7-17-5-6-18(22)15-20(17)23)26-19-8-11-27(12-9-19)13-14-28-16(2)3;/h5-6,15-16,19H,4,7-14H2,1-3H3,(H2,24,25,26);1H. The maximum Gasteiger partial charge on any atom is 0.191 e. The van der Waals surface area contributed by atoms with E-state index in [0.29, 0.717) is 24.6 Å². The van der Waals surface area contributed by atoms with Crippen LogP contribution in [-0.4, -0.2) is 62.3 Å². The number of hydrogen-bond donors (Lipinski definition) is 2. The highest BCUT2D eigenvalue weighted by Gasteiger charge is 2.19. The first-order valence-electron chi connectivity index (χ1n) is 10.3. The molecule has 1 fully saturated rings. The fourth-order valence-corrected chi connectivity index (χ4v) is 3.24. The van der Waals surface area contributed by atoms with Crippen molar-refractivity contribution in [2.24, 2.45) is 4.99 Å². The molecule has 29 heavy (non-hydrogen) atoms. The van der Waals surface area contributed by atoms with Gasteiger partial charge in [0, 0.05) is 44.8 Å². The molecule has 1 heterocycles. The summed E-state index contributed by atoms with van der Waals surface area (Å²) in [4.78, 5) is 6.99. The van der Waals surface area contributed by atoms with Crippen molar-refractivity contribution >= 4 is 29.9 Å². The summed E-state index contributed by atoms with van der Waals surface area (Å²) in [6.07, 6.45) is 2.83. The molecule has 0 spiro atoms. The lowest BCUT2D eigenvalue weighted by Gasteiger charge is -2.33. The summed E-state index contributed by atoms with van der Waals surface area (Å²) in [6.45, 7) is 11.2. The van der Waals surface area contributed by atoms with Gasteiger partial charge in [-0.15, -0.1) is 24.0 Å². The second kappa shape index (κ2) is 14.1. The molecule has 0 aromatic heterocycles. The third kappa shape index (κ3) is 10.0. The van der Waals surface area contributed by atoms with E-state index in [9.17, 15) is 8.78 Å². The fraction of sp³-hybridized carbons (Fsp3) is 0.667. The number of aliphatic imine (C=N–C) groups is 1. The van der Waals surface area contributed by atoms with Crippen molar-refractivity contribution < 1.29 is 13.5 Å². The van der Waals surface area contributed by atoms with Crippen LogP contribution in [0.15, 0.2) is 23.2 Å². The maximum atomic E-state index is 13.7. The number of rotatable bonds is 9. The van der Waals surface area contributed by atoms with Crippen molar-refractivity contribution in [3.8, 4) is 0 Å². The van der Waals surface area contributed by atoms with Gasteiger partial charge in [0.15, 0.2) is 5.96 Å². The Morgan fingerprint density at radius 3 is 2.62 bits per heavy atom. The third-order valence-corrected chi connectivity index (χ3v) is 4.80. The lowest BCUT2D eigenvalue weighted by molar-refractivity contribution is 0.0532. The number of piperidine rings is 1. The molecule has 1 aliphatic heterocycles. The maximum absolute atomic E-state index is 13.7. The van der Waals surface area contributed by atoms with Crippen LogP contribution in [-0.2, 0) is 11.2 Å². The molecule has 1 aromatic carbocycles. The van der Waals surface area contributed by atoms with E-state index in [2.05, 4.69) is 34.4 Å². The molecule has 0 radical (unpaired) electrons. The van der Waals surface area contributed by atoms with E-state index in [1.165, 1.54) is 12.1 Å². The Balaban J connectivity index is 0.00000420. The highest BCUT2D eigenvalue weighted by Crippen LogP contribution is 2.11. The first-order chi connectivity index (χ1) is 13.5. The zero-order valence-corrected chi connectivity index (χ0v) is 20.0. The second-order valence-electron chi connectivity index (χ2n) is 7.43. The molecule has 0 unspecified atom stereocenters. The predicted octanol–water partition coefficient (Wildman–Crippen LogP) is 3.57. The Morgan fingerprint density at radius 1 is 1.28 bits per heavy atom. The zero-order valence-electron chi connectivity index (χ0n) is 17.7. The van der Waals surface area contributed by atoms with E-state index in [0.717, 1.165) is 57.7 Å². The molecule has 0 atom stereocenters. The monoisotopic (exact) mass is 524 g/mol. The van der Waals surface area contributed by atoms with E-state index >= 15 is 0 Å². The van der Waals surface area contributed by atoms with Gasteiger partial charge in [0.05, 0.1) is 12.7 Å². The highest BCUT2D eigenvalue weighted by atomic mass is 127. The van der Waals surface area contributed by atoms with Gasteiger partial charge in [0.2, 0.25) is 0 Å². The topological polar surface area (TPSA) is 48.9 Å². The van der Waals surface area contributed by atoms with Gasteiger partial charge in [-0.2, -0.15) is 0 Å². The highest BCUT2D eigenvalue weighted by molar-refractivity contribution is 14.0. The minimum Gasteiger partial charge on any atom is -0.377 e. The van der Waals surface area contributed by atoms with Gasteiger partial charge in [-0.25, -0.2) is 8.78 Å². The van der Waals surface area contributed by atoms with Crippen molar-refractivity contribution in [2.45, 2.75) is 52.2 Å². The Kier molecular flexibility index (Phi) is 12.6. The molecule has 1 saturated heterocycles. The Morgan fingerprint density at radius 2 is 2.00 bits per heavy atom. The second-order valence-corrected chi connectivity index (χ2v) is 7.43. The van der Waals surface area contributed by atoms with Gasteiger partial charge in [-0.05, 0) is 51.7 Å². The molecule has 0 bridgehead atoms. The molecular weight excluding hydrogens is 489 g/mol. The normalized spacial score (nSPS) is 16.0. The Bertz CT molecular complexity index is 623. The Hall–Kier alpha value is -1.00. The predicted molar refractivity (Wildman–Crippen MR) is 125 cm³/mol. The van der Waals surface area contributed by atoms with Crippen LogP contribution in [0.25, 0.3) is 0 Å². The Labute approximate surface area is 190 Å². The van der Waals surface area contributed by atoms with Crippen LogP contribution in [0.3, 0.4) is 0 Å². The minimum absolute atomic E-state index is 0. The van der Waals surface area contributed by atoms with Crippen LogP contribution in [0.4, 0.5) is 8.78 Å². The van der Waals surface area contributed by atoms with E-state index in [4.69, 9.17) is 4.74 Å². The van der Waals surface area contributed by atoms with Gasteiger partial charge < -0.3 is 20.3 Å². The fourth-order valence-electron chi connectivity index (χ4n) is 3.24. The molecule has 0 saturated carbocycles. The molecular formula is C21H35F2IN4O. The van der Waals surface area contributed by atoms with Gasteiger partial charge in [0.25, 0.3) is 0 Å². The average molecular weight is 524 g/mol. The van der Waals surface area contributed by atoms with E-state index in [1.807, 2.05) is 6.92 Å². The number of guanidine groups is 1. The summed E-state index contributed by atoms with van der Waals surface area (Å²) in [5.74, 6) is -0.310. The molecule has 2 rings (SSSR count). The number of ether oxygens (including phenoxy) is 1. The average Bonchev–Trinajstić information content (AvgIpc) is 2.65. The summed E-state index contributed by atoms with van der Waals surface area (Å²) < 4.78 is 32.4. The molecule has 0 amide bonds. The minimum atomic E-state index is -0.554. The number of benzene rings is 1. The molecule has 1 aliphatic rings. The largest absolute Gasteiger partial charge is 0.377 e. The first-order valence-corrected chi connectivity index (χ1v) is 10.3. The molecule has 5 nitrogen and oxygen atoms in total. The SMILES string of the molecule is CCNC(=NCCc1ccc(F)cc1F)NC1CCN(CCOC(C)C)CC1.I. The number of nitrogens with zero attached hydrogens (tertiary/aromatic N) is 2. The number of nitrogens with one attached hydrogen (secondary N) is 2. The summed E-state index contributed by atoms with van der Waals surface area (Å²) in [7, 11) is 0. The first kappa shape index (κ1) is 26.0. The van der Waals surface area contributed by atoms with Crippen molar-refractivity contribution in [1.82, 2.24) is 15.5 Å². The van der Waals surface area contributed by atoms with Gasteiger partial charge in [-0.1, -0.05) is 6.07 Å². The van der Waals surface area contributed by atoms with Gasteiger partial charge in [-0.3, -0.25) is 4.99 Å². The van der Waals surface area contributed by atoms with E-state index < -0.39 is 11.6 Å². The smallest absolute Gasteiger partial charge is 0.191 e. The number of hydrogen-bond acceptors (Lipinski definition) is 3. The number of likely N-dealkylation sites (tertiary alicyclic amines) is 1. The van der Waals surface area contributed by atoms with Crippen molar-refractivity contribution in [3.05, 3.63) is 35.4 Å². The molecule has 166 valence electrons. The van der Waals surface area contributed by atoms with Crippen LogP contribution >= 0.6 is 24.0 Å². The van der Waals surface area contributed by atoms with Crippen molar-refractivity contribution in [3.63, 3.8) is 0 Å². The van der Waals surface area contributed by atoms with Gasteiger partial charge in [0.1, 0.15) is 11.6 Å². The molecule has 2 N–H and O–H groups in total. The molecule has 1 aromatic rings. The third-order valence-electron chi connectivity index (χ3n) is 4.80. The van der Waals surface area contributed by atoms with E-state index in [1.54, 1.807) is 0 Å². The summed E-state index contributed by atoms with van der Waals surface area (Å²) in [5, 5.41) is 6.74. The lowest BCUT2D eigenvalue weighted by atomic mass is 10.1. The van der Waals surface area contributed by atoms with Crippen LogP contribution in [0.1, 0.15) is 39.2 Å². The van der Waals surface area contributed by atoms with Crippen LogP contribution in [0.5, 0.6) is 0 Å². The number of halogens is 3. The molecule has 8 heteroatoms. The van der Waals surface area contributed by atoms with Crippen LogP contribution in [0.2, 0.25) is 0 Å².